The van der Waals surface area contributed by atoms with Crippen molar-refractivity contribution in [2.75, 3.05) is 0 Å². The van der Waals surface area contributed by atoms with Gasteiger partial charge in [-0.05, 0) is 40.8 Å². The lowest BCUT2D eigenvalue weighted by Gasteiger charge is -2.30. The fourth-order valence-corrected chi connectivity index (χ4v) is 4.66. The van der Waals surface area contributed by atoms with Crippen LogP contribution in [0, 0.1) is 5.92 Å². The maximum absolute atomic E-state index is 11.6. The second-order valence-electron chi connectivity index (χ2n) is 5.44. The smallest absolute Gasteiger partial charge is 0.220 e. The summed E-state index contributed by atoms with van der Waals surface area (Å²) in [5.74, 6) is 0.750. The average molecular weight is 351 g/mol. The first-order chi connectivity index (χ1) is 8.40. The van der Waals surface area contributed by atoms with Crippen molar-refractivity contribution in [3.8, 4) is 0 Å². The summed E-state index contributed by atoms with van der Waals surface area (Å²) in [6, 6.07) is 2.07. The van der Waals surface area contributed by atoms with Gasteiger partial charge in [0.25, 0.3) is 0 Å². The van der Waals surface area contributed by atoms with Crippen LogP contribution >= 0.6 is 38.9 Å². The number of amides is 1. The molecule has 0 saturated carbocycles. The van der Waals surface area contributed by atoms with E-state index >= 15 is 0 Å². The van der Waals surface area contributed by atoms with Crippen LogP contribution < -0.4 is 5.32 Å². The molecule has 1 aromatic rings. The molecule has 1 aromatic heterocycles. The Labute approximate surface area is 125 Å². The Morgan fingerprint density at radius 1 is 1.61 bits per heavy atom. The molecule has 1 unspecified atom stereocenters. The van der Waals surface area contributed by atoms with Gasteiger partial charge in [-0.2, -0.15) is 0 Å². The number of nitrogens with one attached hydrogen (secondary N) is 1. The summed E-state index contributed by atoms with van der Waals surface area (Å²) in [5, 5.41) is 3.19. The van der Waals surface area contributed by atoms with E-state index in [0.717, 1.165) is 28.1 Å². The Hall–Kier alpha value is -0.0600. The highest BCUT2D eigenvalue weighted by molar-refractivity contribution is 9.10. The first-order valence-corrected chi connectivity index (χ1v) is 8.14. The van der Waals surface area contributed by atoms with Crippen LogP contribution in [-0.4, -0.2) is 11.4 Å². The van der Waals surface area contributed by atoms with Crippen LogP contribution in [0.1, 0.15) is 38.0 Å². The Balaban J connectivity index is 2.17. The van der Waals surface area contributed by atoms with Gasteiger partial charge in [0.2, 0.25) is 5.91 Å². The number of carbonyl (C=O) groups excluding carboxylic acids is 1. The van der Waals surface area contributed by atoms with E-state index in [0.29, 0.717) is 12.3 Å². The SMILES string of the molecule is CC(C)CC1(Cc2cc(Br)c(Cl)s2)CCC(=O)N1. The minimum absolute atomic E-state index is 0.0706. The topological polar surface area (TPSA) is 29.1 Å². The lowest BCUT2D eigenvalue weighted by Crippen LogP contribution is -2.44. The van der Waals surface area contributed by atoms with E-state index in [4.69, 9.17) is 11.6 Å². The normalized spacial score (nSPS) is 23.7. The zero-order valence-corrected chi connectivity index (χ0v) is 13.7. The molecule has 1 amide bonds. The molecule has 100 valence electrons. The largest absolute Gasteiger partial charge is 0.350 e. The van der Waals surface area contributed by atoms with Crippen molar-refractivity contribution < 1.29 is 4.79 Å². The molecule has 2 nitrogen and oxygen atoms in total. The molecule has 0 aromatic carbocycles. The minimum Gasteiger partial charge on any atom is -0.350 e. The third-order valence-electron chi connectivity index (χ3n) is 3.24. The lowest BCUT2D eigenvalue weighted by molar-refractivity contribution is -0.119. The van der Waals surface area contributed by atoms with Crippen molar-refractivity contribution >= 4 is 44.8 Å². The molecule has 18 heavy (non-hydrogen) atoms. The van der Waals surface area contributed by atoms with Gasteiger partial charge in [-0.25, -0.2) is 0 Å². The van der Waals surface area contributed by atoms with E-state index in [2.05, 4.69) is 41.2 Å². The van der Waals surface area contributed by atoms with Crippen molar-refractivity contribution in [2.24, 2.45) is 5.92 Å². The highest BCUT2D eigenvalue weighted by Crippen LogP contribution is 2.37. The van der Waals surface area contributed by atoms with Crippen LogP contribution in [0.2, 0.25) is 4.34 Å². The molecule has 1 fully saturated rings. The molecule has 1 N–H and O–H groups in total. The van der Waals surface area contributed by atoms with Crippen molar-refractivity contribution in [1.82, 2.24) is 5.32 Å². The highest BCUT2D eigenvalue weighted by Gasteiger charge is 2.38. The molecule has 2 heterocycles. The van der Waals surface area contributed by atoms with E-state index in [-0.39, 0.29) is 11.4 Å². The van der Waals surface area contributed by atoms with E-state index in [1.54, 1.807) is 11.3 Å². The monoisotopic (exact) mass is 349 g/mol. The molecule has 0 aliphatic carbocycles. The summed E-state index contributed by atoms with van der Waals surface area (Å²) in [5.41, 5.74) is -0.0706. The van der Waals surface area contributed by atoms with Crippen molar-refractivity contribution in [2.45, 2.75) is 45.1 Å². The highest BCUT2D eigenvalue weighted by atomic mass is 79.9. The van der Waals surface area contributed by atoms with Gasteiger partial charge in [0, 0.05) is 27.7 Å². The Morgan fingerprint density at radius 2 is 2.33 bits per heavy atom. The second kappa shape index (κ2) is 5.51. The summed E-state index contributed by atoms with van der Waals surface area (Å²) in [6.07, 6.45) is 3.48. The number of rotatable bonds is 4. The van der Waals surface area contributed by atoms with Crippen LogP contribution in [0.4, 0.5) is 0 Å². The number of hydrogen-bond acceptors (Lipinski definition) is 2. The van der Waals surface area contributed by atoms with E-state index in [9.17, 15) is 4.79 Å². The standard InChI is InChI=1S/C13H17BrClNOS/c1-8(2)6-13(4-3-11(17)16-13)7-9-5-10(14)12(15)18-9/h5,8H,3-4,6-7H2,1-2H3,(H,16,17). The molecule has 1 aliphatic rings. The zero-order valence-electron chi connectivity index (χ0n) is 10.6. The number of thiophene rings is 1. The molecule has 5 heteroatoms. The summed E-state index contributed by atoms with van der Waals surface area (Å²) < 4.78 is 1.74. The van der Waals surface area contributed by atoms with Crippen molar-refractivity contribution in [3.05, 3.63) is 19.8 Å². The van der Waals surface area contributed by atoms with E-state index in [1.165, 1.54) is 4.88 Å². The number of hydrogen-bond donors (Lipinski definition) is 1. The molecule has 0 spiro atoms. The lowest BCUT2D eigenvalue weighted by atomic mass is 9.84. The van der Waals surface area contributed by atoms with Gasteiger partial charge >= 0.3 is 0 Å². The fraction of sp³-hybridized carbons (Fsp3) is 0.615. The molecule has 1 aliphatic heterocycles. The van der Waals surface area contributed by atoms with Gasteiger partial charge in [-0.1, -0.05) is 25.4 Å². The van der Waals surface area contributed by atoms with Gasteiger partial charge in [0.15, 0.2) is 0 Å². The second-order valence-corrected chi connectivity index (χ2v) is 8.03. The molecule has 1 saturated heterocycles. The van der Waals surface area contributed by atoms with Gasteiger partial charge in [0.1, 0.15) is 4.34 Å². The van der Waals surface area contributed by atoms with Crippen LogP contribution in [0.15, 0.2) is 10.5 Å². The van der Waals surface area contributed by atoms with Gasteiger partial charge in [-0.15, -0.1) is 11.3 Å². The van der Waals surface area contributed by atoms with Crippen LogP contribution in [0.3, 0.4) is 0 Å². The van der Waals surface area contributed by atoms with Crippen LogP contribution in [-0.2, 0) is 11.2 Å². The van der Waals surface area contributed by atoms with Crippen LogP contribution in [0.25, 0.3) is 0 Å². The Morgan fingerprint density at radius 3 is 2.78 bits per heavy atom. The van der Waals surface area contributed by atoms with E-state index < -0.39 is 0 Å². The van der Waals surface area contributed by atoms with Gasteiger partial charge in [0.05, 0.1) is 0 Å². The molecular formula is C13H17BrClNOS. The molecule has 0 radical (unpaired) electrons. The summed E-state index contributed by atoms with van der Waals surface area (Å²) in [4.78, 5) is 12.8. The molecular weight excluding hydrogens is 334 g/mol. The Bertz CT molecular complexity index is 440. The quantitative estimate of drug-likeness (QED) is 0.856. The van der Waals surface area contributed by atoms with Crippen LogP contribution in [0.5, 0.6) is 0 Å². The molecule has 0 bridgehead atoms. The fourth-order valence-electron chi connectivity index (χ4n) is 2.72. The van der Waals surface area contributed by atoms with Crippen molar-refractivity contribution in [1.29, 1.82) is 0 Å². The third-order valence-corrected chi connectivity index (χ3v) is 5.72. The zero-order chi connectivity index (χ0) is 13.3. The van der Waals surface area contributed by atoms with Crippen molar-refractivity contribution in [3.63, 3.8) is 0 Å². The maximum Gasteiger partial charge on any atom is 0.220 e. The van der Waals surface area contributed by atoms with Gasteiger partial charge in [-0.3, -0.25) is 4.79 Å². The first-order valence-electron chi connectivity index (χ1n) is 6.15. The summed E-state index contributed by atoms with van der Waals surface area (Å²) >= 11 is 11.1. The predicted octanol–water partition coefficient (Wildman–Crippen LogP) is 4.40. The predicted molar refractivity (Wildman–Crippen MR) is 80.3 cm³/mol. The number of carbonyl (C=O) groups is 1. The van der Waals surface area contributed by atoms with Gasteiger partial charge < -0.3 is 5.32 Å². The Kier molecular flexibility index (Phi) is 4.40. The van der Waals surface area contributed by atoms with E-state index in [1.807, 2.05) is 0 Å². The maximum atomic E-state index is 11.6. The molecule has 2 rings (SSSR count). The molecule has 1 atom stereocenters. The first kappa shape index (κ1) is 14.4. The minimum atomic E-state index is -0.0706. The summed E-state index contributed by atoms with van der Waals surface area (Å²) in [6.45, 7) is 4.40. The average Bonchev–Trinajstić information content (AvgIpc) is 2.71. The third kappa shape index (κ3) is 3.28. The number of halogens is 2. The summed E-state index contributed by atoms with van der Waals surface area (Å²) in [7, 11) is 0.